The van der Waals surface area contributed by atoms with Crippen molar-refractivity contribution >= 4 is 53.4 Å². The van der Waals surface area contributed by atoms with Gasteiger partial charge in [-0.2, -0.15) is 5.10 Å². The second-order valence-electron chi connectivity index (χ2n) is 17.1. The first-order valence-electron chi connectivity index (χ1n) is 22.5. The summed E-state index contributed by atoms with van der Waals surface area (Å²) < 4.78 is 7.71. The van der Waals surface area contributed by atoms with Crippen LogP contribution in [0.4, 0.5) is 17.2 Å². The zero-order valence-corrected chi connectivity index (χ0v) is 37.3. The minimum absolute atomic E-state index is 0.0113. The monoisotopic (exact) mass is 893 g/mol. The number of para-hydroxylation sites is 1. The van der Waals surface area contributed by atoms with Crippen LogP contribution in [0.25, 0.3) is 11.3 Å². The molecule has 0 saturated carbocycles. The van der Waals surface area contributed by atoms with Gasteiger partial charge in [-0.1, -0.05) is 18.2 Å². The molecule has 4 heterocycles. The number of aromatic nitrogens is 2. The van der Waals surface area contributed by atoms with Gasteiger partial charge in [-0.25, -0.2) is 4.68 Å². The highest BCUT2D eigenvalue weighted by Crippen LogP contribution is 2.36. The van der Waals surface area contributed by atoms with Crippen molar-refractivity contribution in [3.63, 3.8) is 0 Å². The number of hydrogen-bond acceptors (Lipinski definition) is 11. The summed E-state index contributed by atoms with van der Waals surface area (Å²) in [5, 5.41) is 10.8. The van der Waals surface area contributed by atoms with Crippen molar-refractivity contribution in [3.05, 3.63) is 119 Å². The lowest BCUT2D eigenvalue weighted by atomic mass is 9.95. The highest BCUT2D eigenvalue weighted by atomic mass is 16.5. The molecule has 342 valence electrons. The molecule has 1 atom stereocenters. The number of fused-ring (bicyclic) bond motifs is 2. The highest BCUT2D eigenvalue weighted by Gasteiger charge is 2.30. The van der Waals surface area contributed by atoms with Crippen molar-refractivity contribution in [1.29, 1.82) is 0 Å². The summed E-state index contributed by atoms with van der Waals surface area (Å²) in [6, 6.07) is 27.0. The molecule has 3 aliphatic rings. The number of piperidine rings is 1. The van der Waals surface area contributed by atoms with Crippen LogP contribution in [0, 0.1) is 5.92 Å². The van der Waals surface area contributed by atoms with E-state index in [1.807, 2.05) is 83.8 Å². The molecule has 1 unspecified atom stereocenters. The lowest BCUT2D eigenvalue weighted by Crippen LogP contribution is -2.50. The normalized spacial score (nSPS) is 15.6. The number of nitrogens with one attached hydrogen (secondary N) is 2. The largest absolute Gasteiger partial charge is 0.457 e. The molecular formula is C50H55N9O7. The molecule has 2 saturated heterocycles. The number of nitrogens with zero attached hydrogens (tertiary/aromatic N) is 6. The number of ether oxygens (including phenoxy) is 1. The fraction of sp³-hybridized carbons (Fsp3) is 0.340. The summed E-state index contributed by atoms with van der Waals surface area (Å²) in [4.78, 5) is 83.8. The van der Waals surface area contributed by atoms with Crippen LogP contribution in [0.2, 0.25) is 0 Å². The van der Waals surface area contributed by atoms with E-state index in [9.17, 15) is 28.8 Å². The standard InChI is InChI=1S/C50H55N9O7/c1-52-44(62)17-13-39(32-61)55(2)50(65)42-29-38(12-8-37(42)31-60)57-21-18-33(19-22-57)30-56-24-26-58(27-25-56)49(64)36-11-16-43-35(28-36)20-23-59-48(53-43)45(47(51)63)46(54-59)34-9-14-41(15-10-34)66-40-6-4-3-5-7-40/h3-12,14-16,28-29,31-33,39,53H,13,17-27,30H2,1-2H3,(H2,51,63)(H,52,62). The van der Waals surface area contributed by atoms with Crippen LogP contribution in [0.1, 0.15) is 72.7 Å². The Morgan fingerprint density at radius 3 is 2.30 bits per heavy atom. The zero-order chi connectivity index (χ0) is 46.3. The molecule has 16 nitrogen and oxygen atoms in total. The molecule has 66 heavy (non-hydrogen) atoms. The number of nitrogens with two attached hydrogens (primary N) is 1. The van der Waals surface area contributed by atoms with Crippen LogP contribution in [0.5, 0.6) is 11.5 Å². The molecular weight excluding hydrogens is 839 g/mol. The first-order valence-corrected chi connectivity index (χ1v) is 22.5. The van der Waals surface area contributed by atoms with Gasteiger partial charge >= 0.3 is 0 Å². The zero-order valence-electron chi connectivity index (χ0n) is 37.3. The SMILES string of the molecule is CNC(=O)CCC(C=O)N(C)C(=O)c1cc(N2CCC(CN3CCN(C(=O)c4ccc5c(c4)CCn4nc(-c6ccc(Oc7ccccc7)cc6)c(C(N)=O)c4N5)CC3)CC2)ccc1C=O. The van der Waals surface area contributed by atoms with E-state index in [0.717, 1.165) is 73.8 Å². The maximum Gasteiger partial charge on any atom is 0.255 e. The molecule has 0 radical (unpaired) electrons. The Morgan fingerprint density at radius 1 is 0.894 bits per heavy atom. The van der Waals surface area contributed by atoms with Gasteiger partial charge in [0.2, 0.25) is 5.91 Å². The second kappa shape index (κ2) is 20.2. The van der Waals surface area contributed by atoms with E-state index < -0.39 is 17.9 Å². The van der Waals surface area contributed by atoms with Gasteiger partial charge in [0, 0.05) is 101 Å². The maximum absolute atomic E-state index is 13.9. The number of amides is 4. The van der Waals surface area contributed by atoms with Crippen LogP contribution in [0.3, 0.4) is 0 Å². The predicted molar refractivity (Wildman–Crippen MR) is 250 cm³/mol. The van der Waals surface area contributed by atoms with E-state index in [1.165, 1.54) is 19.0 Å². The third-order valence-corrected chi connectivity index (χ3v) is 13.0. The minimum atomic E-state index is -0.804. The number of hydrogen-bond donors (Lipinski definition) is 3. The van der Waals surface area contributed by atoms with Crippen molar-refractivity contribution in [2.24, 2.45) is 11.7 Å². The number of rotatable bonds is 15. The first-order chi connectivity index (χ1) is 32.0. The Morgan fingerprint density at radius 2 is 1.62 bits per heavy atom. The average Bonchev–Trinajstić information content (AvgIpc) is 3.62. The Balaban J connectivity index is 0.836. The molecule has 2 fully saturated rings. The number of piperazine rings is 1. The number of aldehydes is 2. The van der Waals surface area contributed by atoms with E-state index in [-0.39, 0.29) is 35.8 Å². The van der Waals surface area contributed by atoms with Crippen molar-refractivity contribution in [2.75, 3.05) is 70.1 Å². The van der Waals surface area contributed by atoms with E-state index in [0.29, 0.717) is 72.9 Å². The Bertz CT molecular complexity index is 2600. The first kappa shape index (κ1) is 45.2. The molecule has 16 heteroatoms. The van der Waals surface area contributed by atoms with Gasteiger partial charge < -0.3 is 40.6 Å². The quantitative estimate of drug-likeness (QED) is 0.114. The van der Waals surface area contributed by atoms with Gasteiger partial charge in [0.25, 0.3) is 17.7 Å². The van der Waals surface area contributed by atoms with Crippen LogP contribution < -0.4 is 26.0 Å². The molecule has 0 aliphatic carbocycles. The second-order valence-corrected chi connectivity index (χ2v) is 17.1. The van der Waals surface area contributed by atoms with Gasteiger partial charge in [0.1, 0.15) is 34.9 Å². The third kappa shape index (κ3) is 9.98. The molecule has 3 aliphatic heterocycles. The van der Waals surface area contributed by atoms with E-state index >= 15 is 0 Å². The number of aryl methyl sites for hydroxylation is 2. The summed E-state index contributed by atoms with van der Waals surface area (Å²) >= 11 is 0. The van der Waals surface area contributed by atoms with Gasteiger partial charge in [-0.15, -0.1) is 0 Å². The van der Waals surface area contributed by atoms with Crippen LogP contribution in [-0.4, -0.2) is 127 Å². The van der Waals surface area contributed by atoms with Crippen molar-refractivity contribution < 1.29 is 33.5 Å². The summed E-state index contributed by atoms with van der Waals surface area (Å²) in [5.74, 6) is 1.08. The lowest BCUT2D eigenvalue weighted by molar-refractivity contribution is -0.121. The molecule has 4 N–H and O–H groups in total. The average molecular weight is 894 g/mol. The van der Waals surface area contributed by atoms with E-state index in [4.69, 9.17) is 15.6 Å². The Labute approximate surface area is 383 Å². The summed E-state index contributed by atoms with van der Waals surface area (Å²) in [7, 11) is 3.03. The Hall–Kier alpha value is -7.33. The molecule has 4 aromatic carbocycles. The Kier molecular flexibility index (Phi) is 13.9. The van der Waals surface area contributed by atoms with E-state index in [2.05, 4.69) is 20.4 Å². The smallest absolute Gasteiger partial charge is 0.255 e. The maximum atomic E-state index is 13.9. The number of primary amides is 1. The number of carbonyl (C=O) groups excluding carboxylic acids is 6. The van der Waals surface area contributed by atoms with Gasteiger partial charge in [0.05, 0.1) is 11.6 Å². The van der Waals surface area contributed by atoms with Gasteiger partial charge in [0.15, 0.2) is 6.29 Å². The summed E-state index contributed by atoms with van der Waals surface area (Å²) in [6.07, 6.45) is 4.08. The van der Waals surface area contributed by atoms with Crippen LogP contribution >= 0.6 is 0 Å². The molecule has 0 bridgehead atoms. The molecule has 1 aromatic heterocycles. The molecule has 0 spiro atoms. The van der Waals surface area contributed by atoms with Gasteiger partial charge in [-0.05, 0) is 110 Å². The molecule has 8 rings (SSSR count). The summed E-state index contributed by atoms with van der Waals surface area (Å²) in [5.41, 5.74) is 11.1. The van der Waals surface area contributed by atoms with Crippen molar-refractivity contribution in [1.82, 2.24) is 29.8 Å². The number of benzene rings is 4. The fourth-order valence-electron chi connectivity index (χ4n) is 9.08. The van der Waals surface area contributed by atoms with E-state index in [1.54, 1.807) is 16.8 Å². The third-order valence-electron chi connectivity index (χ3n) is 13.0. The number of carbonyl (C=O) groups is 6. The number of anilines is 3. The van der Waals surface area contributed by atoms with Gasteiger partial charge in [-0.3, -0.25) is 28.9 Å². The predicted octanol–water partition coefficient (Wildman–Crippen LogP) is 5.39. The lowest BCUT2D eigenvalue weighted by Gasteiger charge is -2.39. The fourth-order valence-corrected chi connectivity index (χ4v) is 9.08. The van der Waals surface area contributed by atoms with Crippen LogP contribution in [-0.2, 0) is 22.6 Å². The van der Waals surface area contributed by atoms with Crippen molar-refractivity contribution in [3.8, 4) is 22.8 Å². The highest BCUT2D eigenvalue weighted by molar-refractivity contribution is 6.05. The topological polar surface area (TPSA) is 193 Å². The molecule has 4 amide bonds. The number of likely N-dealkylation sites (N-methyl/N-ethyl adjacent to an activating group) is 1. The summed E-state index contributed by atoms with van der Waals surface area (Å²) in [6.45, 7) is 5.78. The van der Waals surface area contributed by atoms with Crippen LogP contribution in [0.15, 0.2) is 91.0 Å². The van der Waals surface area contributed by atoms with Crippen molar-refractivity contribution in [2.45, 2.75) is 44.7 Å². The minimum Gasteiger partial charge on any atom is -0.457 e. The molecule has 5 aromatic rings.